The first-order chi connectivity index (χ1) is 6.35. The maximum atomic E-state index is 11.1. The normalized spacial score (nSPS) is 20.4. The van der Waals surface area contributed by atoms with E-state index in [-0.39, 0.29) is 0 Å². The molecule has 6 nitrogen and oxygen atoms in total. The van der Waals surface area contributed by atoms with Gasteiger partial charge in [0.2, 0.25) is 0 Å². The van der Waals surface area contributed by atoms with E-state index in [9.17, 15) is 8.42 Å². The zero-order chi connectivity index (χ0) is 10.8. The van der Waals surface area contributed by atoms with Crippen LogP contribution in [0.4, 0.5) is 0 Å². The van der Waals surface area contributed by atoms with Crippen molar-refractivity contribution in [2.45, 2.75) is 25.9 Å². The Morgan fingerprint density at radius 1 is 1.57 bits per heavy atom. The third kappa shape index (κ3) is 3.45. The van der Waals surface area contributed by atoms with Gasteiger partial charge in [-0.1, -0.05) is 9.49 Å². The van der Waals surface area contributed by atoms with Gasteiger partial charge in [0.1, 0.15) is 10.6 Å². The van der Waals surface area contributed by atoms with E-state index >= 15 is 0 Å². The molecular formula is C6H11NO5S2. The van der Waals surface area contributed by atoms with Crippen LogP contribution in [0.25, 0.3) is 0 Å². The largest absolute Gasteiger partial charge is 0.389 e. The molecule has 0 fully saturated rings. The smallest absolute Gasteiger partial charge is 0.354 e. The summed E-state index contributed by atoms with van der Waals surface area (Å²) < 4.78 is 26.2. The summed E-state index contributed by atoms with van der Waals surface area (Å²) in [5.41, 5.74) is -0.453. The fourth-order valence-corrected chi connectivity index (χ4v) is 2.99. The summed E-state index contributed by atoms with van der Waals surface area (Å²) in [6.07, 6.45) is 0.434. The first kappa shape index (κ1) is 11.8. The first-order valence-electron chi connectivity index (χ1n) is 3.76. The summed E-state index contributed by atoms with van der Waals surface area (Å²) in [5.74, 6) is 0. The second-order valence-corrected chi connectivity index (χ2v) is 6.55. The number of hydrogen-bond donors (Lipinski definition) is 0. The Balaban J connectivity index is 2.56. The molecule has 0 N–H and O–H groups in total. The number of nitrogens with zero attached hydrogens (tertiary/aromatic N) is 1. The molecule has 0 amide bonds. The van der Waals surface area contributed by atoms with Gasteiger partial charge in [0.25, 0.3) is 0 Å². The van der Waals surface area contributed by atoms with E-state index in [1.165, 1.54) is 0 Å². The Labute approximate surface area is 86.0 Å². The molecule has 0 saturated heterocycles. The molecule has 0 bridgehead atoms. The molecule has 0 radical (unpaired) electrons. The lowest BCUT2D eigenvalue weighted by Gasteiger charge is -2.12. The minimum atomic E-state index is -3.78. The quantitative estimate of drug-likeness (QED) is 0.418. The number of oxime groups is 1. The zero-order valence-corrected chi connectivity index (χ0v) is 9.65. The van der Waals surface area contributed by atoms with Crippen molar-refractivity contribution in [3.8, 4) is 0 Å². The van der Waals surface area contributed by atoms with Crippen LogP contribution in [0.2, 0.25) is 0 Å². The molecule has 1 rings (SSSR count). The first-order valence-corrected chi connectivity index (χ1v) is 6.50. The number of hydrogen-bond acceptors (Lipinski definition) is 7. The van der Waals surface area contributed by atoms with Gasteiger partial charge in [-0.25, -0.2) is 4.89 Å². The van der Waals surface area contributed by atoms with Crippen LogP contribution in [0.1, 0.15) is 20.3 Å². The summed E-state index contributed by atoms with van der Waals surface area (Å²) in [6, 6.07) is 0. The van der Waals surface area contributed by atoms with Gasteiger partial charge in [-0.05, 0) is 13.8 Å². The minimum absolute atomic E-state index is 0.354. The van der Waals surface area contributed by atoms with E-state index in [1.807, 2.05) is 13.8 Å². The summed E-state index contributed by atoms with van der Waals surface area (Å²) in [6.45, 7) is 3.63. The van der Waals surface area contributed by atoms with Crippen LogP contribution in [0.5, 0.6) is 0 Å². The molecule has 0 aromatic rings. The fourth-order valence-electron chi connectivity index (χ4n) is 0.863. The molecule has 1 aliphatic heterocycles. The molecule has 0 aromatic heterocycles. The Morgan fingerprint density at radius 2 is 2.21 bits per heavy atom. The average Bonchev–Trinajstić information content (AvgIpc) is 2.28. The Morgan fingerprint density at radius 3 is 2.64 bits per heavy atom. The van der Waals surface area contributed by atoms with Crippen LogP contribution in [0, 0.1) is 0 Å². The summed E-state index contributed by atoms with van der Waals surface area (Å²) in [4.78, 5) is 9.05. The van der Waals surface area contributed by atoms with E-state index in [2.05, 4.69) is 14.4 Å². The van der Waals surface area contributed by atoms with Crippen molar-refractivity contribution in [3.63, 3.8) is 0 Å². The predicted octanol–water partition coefficient (Wildman–Crippen LogP) is 1.05. The highest BCUT2D eigenvalue weighted by Crippen LogP contribution is 2.30. The van der Waals surface area contributed by atoms with Crippen LogP contribution < -0.4 is 0 Å². The lowest BCUT2D eigenvalue weighted by Crippen LogP contribution is -2.18. The Bertz CT molecular complexity index is 334. The highest BCUT2D eigenvalue weighted by atomic mass is 33.1. The van der Waals surface area contributed by atoms with E-state index in [4.69, 9.17) is 4.84 Å². The fraction of sp³-hybridized carbons (Fsp3) is 0.833. The maximum absolute atomic E-state index is 11.1. The minimum Gasteiger partial charge on any atom is -0.389 e. The number of rotatable bonds is 3. The average molecular weight is 241 g/mol. The predicted molar refractivity (Wildman–Crippen MR) is 51.8 cm³/mol. The van der Waals surface area contributed by atoms with Gasteiger partial charge in [0.15, 0.2) is 0 Å². The topological polar surface area (TPSA) is 74.2 Å². The van der Waals surface area contributed by atoms with Crippen molar-refractivity contribution in [3.05, 3.63) is 0 Å². The van der Waals surface area contributed by atoms with Gasteiger partial charge in [-0.2, -0.15) is 8.42 Å². The van der Waals surface area contributed by atoms with Crippen molar-refractivity contribution in [1.82, 2.24) is 0 Å². The van der Waals surface area contributed by atoms with Gasteiger partial charge < -0.3 is 4.84 Å². The van der Waals surface area contributed by atoms with Gasteiger partial charge in [0, 0.05) is 6.42 Å². The molecule has 8 heteroatoms. The lowest BCUT2D eigenvalue weighted by atomic mass is 10.1. The molecule has 0 aliphatic carbocycles. The van der Waals surface area contributed by atoms with Gasteiger partial charge in [-0.15, -0.1) is 0 Å². The van der Waals surface area contributed by atoms with E-state index < -0.39 is 14.8 Å². The zero-order valence-electron chi connectivity index (χ0n) is 8.01. The third-order valence-corrected chi connectivity index (χ3v) is 3.60. The second kappa shape index (κ2) is 4.05. The second-order valence-electron chi connectivity index (χ2n) is 3.24. The molecule has 0 atom stereocenters. The summed E-state index contributed by atoms with van der Waals surface area (Å²) >= 11 is 0. The molecule has 1 aliphatic rings. The monoisotopic (exact) mass is 241 g/mol. The maximum Gasteiger partial charge on any atom is 0.354 e. The van der Waals surface area contributed by atoms with Crippen LogP contribution in [0.15, 0.2) is 5.16 Å². The molecular weight excluding hydrogens is 230 g/mol. The molecule has 0 spiro atoms. The van der Waals surface area contributed by atoms with Crippen molar-refractivity contribution in [1.29, 1.82) is 0 Å². The Hall–Kier alpha value is -0.310. The van der Waals surface area contributed by atoms with E-state index in [0.717, 1.165) is 7.11 Å². The van der Waals surface area contributed by atoms with Gasteiger partial charge >= 0.3 is 9.15 Å². The molecule has 0 unspecified atom stereocenters. The molecule has 0 aromatic carbocycles. The van der Waals surface area contributed by atoms with E-state index in [1.54, 1.807) is 0 Å². The molecule has 0 saturated carbocycles. The Kier molecular flexibility index (Phi) is 3.40. The summed E-state index contributed by atoms with van der Waals surface area (Å²) in [7, 11) is -2.18. The van der Waals surface area contributed by atoms with Crippen molar-refractivity contribution >= 4 is 25.0 Å². The highest BCUT2D eigenvalue weighted by molar-refractivity contribution is 8.76. The third-order valence-electron chi connectivity index (χ3n) is 1.32. The van der Waals surface area contributed by atoms with Crippen LogP contribution in [0.3, 0.4) is 0 Å². The van der Waals surface area contributed by atoms with Crippen molar-refractivity contribution in [2.75, 3.05) is 7.11 Å². The summed E-state index contributed by atoms with van der Waals surface area (Å²) in [5, 5.41) is 3.97. The van der Waals surface area contributed by atoms with Crippen molar-refractivity contribution < 1.29 is 22.5 Å². The molecule has 14 heavy (non-hydrogen) atoms. The van der Waals surface area contributed by atoms with Crippen molar-refractivity contribution in [2.24, 2.45) is 5.16 Å². The van der Waals surface area contributed by atoms with E-state index in [0.29, 0.717) is 22.3 Å². The highest BCUT2D eigenvalue weighted by Gasteiger charge is 2.32. The molecule has 82 valence electrons. The van der Waals surface area contributed by atoms with Gasteiger partial charge in [-0.3, -0.25) is 0 Å². The lowest BCUT2D eigenvalue weighted by molar-refractivity contribution is -0.169. The molecule has 1 heterocycles. The van der Waals surface area contributed by atoms with Crippen LogP contribution >= 0.6 is 10.8 Å². The van der Waals surface area contributed by atoms with Gasteiger partial charge in [0.05, 0.1) is 17.9 Å². The standard InChI is InChI=1S/C6H11NO5S2/c1-6(2)4-5(7-11-6)13-14(8,9)12-10-3/h4H2,1-3H3. The SMILES string of the molecule is COOS(=O)(=O)SC1=NOC(C)(C)C1. The van der Waals surface area contributed by atoms with Crippen LogP contribution in [-0.2, 0) is 23.2 Å². The van der Waals surface area contributed by atoms with Crippen LogP contribution in [-0.4, -0.2) is 26.2 Å².